The second kappa shape index (κ2) is 7.77. The first-order valence-corrected chi connectivity index (χ1v) is 12.8. The van der Waals surface area contributed by atoms with Gasteiger partial charge in [-0.25, -0.2) is 0 Å². The van der Waals surface area contributed by atoms with Crippen molar-refractivity contribution in [3.05, 3.63) is 88.5 Å². The van der Waals surface area contributed by atoms with Gasteiger partial charge in [0.25, 0.3) is 20.2 Å². The van der Waals surface area contributed by atoms with Crippen LogP contribution in [0, 0.1) is 5.92 Å². The van der Waals surface area contributed by atoms with E-state index in [0.717, 1.165) is 23.1 Å². The standard InChI is InChI=1S/C22H22O6S2/c23-29(24,25)13-15-6-8-18-12-21(17-4-2-1-3-5-17)19-9-7-16(14-30(26,27)28)11-22(19)20(18)10-15/h1-8,10-11,19,21H,9,12-14H2,(H,23,24,25)(H,26,27,28). The summed E-state index contributed by atoms with van der Waals surface area (Å²) >= 11 is 0. The molecule has 0 spiro atoms. The summed E-state index contributed by atoms with van der Waals surface area (Å²) in [5, 5.41) is 0. The SMILES string of the molecule is O=S(=O)(O)CC1=CCC2C(=C1)c1cc(CS(=O)(=O)O)ccc1CC2c1ccccc1. The fraction of sp³-hybridized carbons (Fsp3) is 0.273. The van der Waals surface area contributed by atoms with Crippen LogP contribution >= 0.6 is 0 Å². The Labute approximate surface area is 176 Å². The Bertz CT molecular complexity index is 1240. The molecule has 0 bridgehead atoms. The van der Waals surface area contributed by atoms with Crippen LogP contribution in [0.1, 0.15) is 34.6 Å². The molecule has 0 amide bonds. The molecule has 2 aromatic rings. The number of benzene rings is 2. The van der Waals surface area contributed by atoms with Crippen molar-refractivity contribution in [1.29, 1.82) is 0 Å². The van der Waals surface area contributed by atoms with Crippen molar-refractivity contribution in [2.75, 3.05) is 5.75 Å². The smallest absolute Gasteiger partial charge is 0.269 e. The maximum atomic E-state index is 11.4. The molecule has 2 aliphatic carbocycles. The van der Waals surface area contributed by atoms with Crippen molar-refractivity contribution in [3.63, 3.8) is 0 Å². The van der Waals surface area contributed by atoms with Crippen molar-refractivity contribution in [3.8, 4) is 0 Å². The maximum Gasteiger partial charge on any atom is 0.269 e. The highest BCUT2D eigenvalue weighted by Crippen LogP contribution is 2.48. The van der Waals surface area contributed by atoms with E-state index in [1.165, 1.54) is 5.56 Å². The van der Waals surface area contributed by atoms with Crippen LogP contribution in [-0.4, -0.2) is 31.7 Å². The van der Waals surface area contributed by atoms with Gasteiger partial charge < -0.3 is 0 Å². The molecule has 2 aliphatic rings. The highest BCUT2D eigenvalue weighted by Gasteiger charge is 2.35. The van der Waals surface area contributed by atoms with E-state index in [0.29, 0.717) is 17.6 Å². The van der Waals surface area contributed by atoms with Crippen molar-refractivity contribution < 1.29 is 25.9 Å². The average Bonchev–Trinajstić information content (AvgIpc) is 2.65. The summed E-state index contributed by atoms with van der Waals surface area (Å²) in [5.74, 6) is -0.639. The monoisotopic (exact) mass is 446 g/mol. The molecule has 0 saturated carbocycles. The van der Waals surface area contributed by atoms with Crippen molar-refractivity contribution in [2.24, 2.45) is 5.92 Å². The van der Waals surface area contributed by atoms with E-state index in [-0.39, 0.29) is 11.8 Å². The number of rotatable bonds is 5. The fourth-order valence-corrected chi connectivity index (χ4v) is 5.76. The molecule has 2 unspecified atom stereocenters. The molecule has 2 atom stereocenters. The predicted molar refractivity (Wildman–Crippen MR) is 115 cm³/mol. The number of allylic oxidation sites excluding steroid dienone is 3. The molecule has 0 heterocycles. The molecular formula is C22H22O6S2. The summed E-state index contributed by atoms with van der Waals surface area (Å²) in [7, 11) is -8.33. The van der Waals surface area contributed by atoms with E-state index >= 15 is 0 Å². The predicted octanol–water partition coefficient (Wildman–Crippen LogP) is 3.63. The molecule has 0 saturated heterocycles. The minimum absolute atomic E-state index is 0.103. The summed E-state index contributed by atoms with van der Waals surface area (Å²) in [5.41, 5.74) is 5.02. The van der Waals surface area contributed by atoms with Gasteiger partial charge in [-0.3, -0.25) is 9.11 Å². The van der Waals surface area contributed by atoms with E-state index < -0.39 is 31.7 Å². The molecule has 6 nitrogen and oxygen atoms in total. The van der Waals surface area contributed by atoms with Gasteiger partial charge in [-0.15, -0.1) is 0 Å². The molecule has 0 aromatic heterocycles. The summed E-state index contributed by atoms with van der Waals surface area (Å²) in [6.45, 7) is 0. The van der Waals surface area contributed by atoms with Crippen LogP contribution in [0.15, 0.2) is 66.3 Å². The number of hydrogen-bond acceptors (Lipinski definition) is 4. The third-order valence-corrected chi connectivity index (χ3v) is 7.11. The summed E-state index contributed by atoms with van der Waals surface area (Å²) in [6, 6.07) is 15.5. The summed E-state index contributed by atoms with van der Waals surface area (Å²) in [6.07, 6.45) is 5.05. The third-order valence-electron chi connectivity index (χ3n) is 5.71. The van der Waals surface area contributed by atoms with Gasteiger partial charge >= 0.3 is 0 Å². The van der Waals surface area contributed by atoms with Crippen molar-refractivity contribution in [1.82, 2.24) is 0 Å². The van der Waals surface area contributed by atoms with E-state index in [2.05, 4.69) is 12.1 Å². The van der Waals surface area contributed by atoms with E-state index in [4.69, 9.17) is 0 Å². The van der Waals surface area contributed by atoms with Crippen molar-refractivity contribution in [2.45, 2.75) is 24.5 Å². The Morgan fingerprint density at radius 1 is 0.867 bits per heavy atom. The van der Waals surface area contributed by atoms with Crippen LogP contribution < -0.4 is 0 Å². The quantitative estimate of drug-likeness (QED) is 0.679. The van der Waals surface area contributed by atoms with Crippen molar-refractivity contribution >= 4 is 25.8 Å². The molecule has 2 aromatic carbocycles. The maximum absolute atomic E-state index is 11.4. The largest absolute Gasteiger partial charge is 0.285 e. The van der Waals surface area contributed by atoms with Gasteiger partial charge in [0.15, 0.2) is 0 Å². The normalized spacial score (nSPS) is 21.3. The van der Waals surface area contributed by atoms with E-state index in [1.807, 2.05) is 30.3 Å². The second-order valence-corrected chi connectivity index (χ2v) is 10.8. The Morgan fingerprint density at radius 3 is 2.23 bits per heavy atom. The molecule has 8 heteroatoms. The topological polar surface area (TPSA) is 109 Å². The van der Waals surface area contributed by atoms with Crippen LogP contribution in [0.25, 0.3) is 5.57 Å². The van der Waals surface area contributed by atoms with Crippen LogP contribution in [-0.2, 0) is 32.4 Å². The lowest BCUT2D eigenvalue weighted by molar-refractivity contribution is 0.480. The zero-order chi connectivity index (χ0) is 21.5. The first kappa shape index (κ1) is 21.0. The van der Waals surface area contributed by atoms with Crippen LogP contribution in [0.4, 0.5) is 0 Å². The molecular weight excluding hydrogens is 424 g/mol. The highest BCUT2D eigenvalue weighted by molar-refractivity contribution is 7.86. The van der Waals surface area contributed by atoms with Gasteiger partial charge in [0.1, 0.15) is 11.5 Å². The first-order chi connectivity index (χ1) is 14.1. The third kappa shape index (κ3) is 4.73. The van der Waals surface area contributed by atoms with Gasteiger partial charge in [-0.05, 0) is 58.1 Å². The molecule has 2 N–H and O–H groups in total. The lowest BCUT2D eigenvalue weighted by Crippen LogP contribution is -2.25. The first-order valence-electron chi connectivity index (χ1n) is 9.57. The van der Waals surface area contributed by atoms with Gasteiger partial charge in [-0.1, -0.05) is 60.7 Å². The highest BCUT2D eigenvalue weighted by atomic mass is 32.2. The van der Waals surface area contributed by atoms with Gasteiger partial charge in [-0.2, -0.15) is 16.8 Å². The Kier molecular flexibility index (Phi) is 5.44. The van der Waals surface area contributed by atoms with Crippen LogP contribution in [0.3, 0.4) is 0 Å². The zero-order valence-electron chi connectivity index (χ0n) is 16.1. The number of fused-ring (bicyclic) bond motifs is 3. The van der Waals surface area contributed by atoms with Crippen LogP contribution in [0.5, 0.6) is 0 Å². The van der Waals surface area contributed by atoms with Gasteiger partial charge in [0.2, 0.25) is 0 Å². The molecule has 30 heavy (non-hydrogen) atoms. The fourth-order valence-electron chi connectivity index (χ4n) is 4.54. The summed E-state index contributed by atoms with van der Waals surface area (Å²) in [4.78, 5) is 0. The second-order valence-electron chi connectivity index (χ2n) is 7.89. The molecule has 0 aliphatic heterocycles. The minimum Gasteiger partial charge on any atom is -0.285 e. The van der Waals surface area contributed by atoms with E-state index in [1.54, 1.807) is 18.2 Å². The zero-order valence-corrected chi connectivity index (χ0v) is 17.7. The Balaban J connectivity index is 1.81. The molecule has 0 radical (unpaired) electrons. The number of hydrogen-bond donors (Lipinski definition) is 2. The molecule has 158 valence electrons. The molecule has 0 fully saturated rings. The summed E-state index contributed by atoms with van der Waals surface area (Å²) < 4.78 is 63.9. The Hall–Kier alpha value is -2.26. The molecule has 4 rings (SSSR count). The lowest BCUT2D eigenvalue weighted by atomic mass is 9.66. The van der Waals surface area contributed by atoms with E-state index in [9.17, 15) is 25.9 Å². The van der Waals surface area contributed by atoms with Crippen LogP contribution in [0.2, 0.25) is 0 Å². The van der Waals surface area contributed by atoms with Gasteiger partial charge in [0, 0.05) is 0 Å². The average molecular weight is 447 g/mol. The van der Waals surface area contributed by atoms with Gasteiger partial charge in [0.05, 0.1) is 0 Å². The Morgan fingerprint density at radius 2 is 1.57 bits per heavy atom. The lowest BCUT2D eigenvalue weighted by Gasteiger charge is -2.38. The minimum atomic E-state index is -4.16.